The van der Waals surface area contributed by atoms with E-state index in [0.717, 1.165) is 33.7 Å². The number of rotatable bonds is 6. The zero-order valence-electron chi connectivity index (χ0n) is 19.9. The molecule has 0 radical (unpaired) electrons. The molecule has 178 valence electrons. The van der Waals surface area contributed by atoms with Gasteiger partial charge in [0.2, 0.25) is 11.1 Å². The van der Waals surface area contributed by atoms with Crippen LogP contribution in [0.15, 0.2) is 78.0 Å². The van der Waals surface area contributed by atoms with Crippen LogP contribution in [0.1, 0.15) is 34.1 Å². The summed E-state index contributed by atoms with van der Waals surface area (Å²) in [6, 6.07) is 23.6. The van der Waals surface area contributed by atoms with Crippen molar-refractivity contribution in [3.63, 3.8) is 0 Å². The van der Waals surface area contributed by atoms with Gasteiger partial charge in [0.1, 0.15) is 17.6 Å². The summed E-state index contributed by atoms with van der Waals surface area (Å²) < 4.78 is 7.73. The maximum atomic E-state index is 13.6. The molecule has 7 nitrogen and oxygen atoms in total. The second-order valence-corrected chi connectivity index (χ2v) is 9.81. The van der Waals surface area contributed by atoms with Crippen LogP contribution in [0.25, 0.3) is 0 Å². The zero-order valence-corrected chi connectivity index (χ0v) is 20.7. The fourth-order valence-corrected chi connectivity index (χ4v) is 5.05. The van der Waals surface area contributed by atoms with Gasteiger partial charge in [0.15, 0.2) is 5.82 Å². The number of anilines is 1. The maximum Gasteiger partial charge on any atom is 0.240 e. The highest BCUT2D eigenvalue weighted by Gasteiger charge is 2.38. The van der Waals surface area contributed by atoms with Gasteiger partial charge in [-0.2, -0.15) is 0 Å². The van der Waals surface area contributed by atoms with Crippen LogP contribution in [0.4, 0.5) is 5.69 Å². The lowest BCUT2D eigenvalue weighted by Crippen LogP contribution is -2.41. The third kappa shape index (κ3) is 5.02. The molecule has 8 heteroatoms. The van der Waals surface area contributed by atoms with Crippen LogP contribution in [0.2, 0.25) is 0 Å². The molecule has 0 saturated carbocycles. The lowest BCUT2D eigenvalue weighted by Gasteiger charge is -2.33. The molecule has 0 fully saturated rings. The van der Waals surface area contributed by atoms with Crippen LogP contribution in [-0.2, 0) is 11.4 Å². The summed E-state index contributed by atoms with van der Waals surface area (Å²) in [5.74, 6) is 1.31. The van der Waals surface area contributed by atoms with E-state index in [4.69, 9.17) is 4.74 Å². The van der Waals surface area contributed by atoms with Crippen molar-refractivity contribution < 1.29 is 9.53 Å². The molecular formula is C27H27N5O2S. The van der Waals surface area contributed by atoms with E-state index in [0.29, 0.717) is 11.0 Å². The smallest absolute Gasteiger partial charge is 0.240 e. The molecule has 0 bridgehead atoms. The zero-order chi connectivity index (χ0) is 24.4. The van der Waals surface area contributed by atoms with Crippen molar-refractivity contribution >= 4 is 23.4 Å². The number of carbonyl (C=O) groups is 1. The van der Waals surface area contributed by atoms with Crippen LogP contribution in [0.3, 0.4) is 0 Å². The van der Waals surface area contributed by atoms with Crippen LogP contribution < -0.4 is 15.5 Å². The van der Waals surface area contributed by atoms with Gasteiger partial charge in [-0.15, -0.1) is 10.2 Å². The van der Waals surface area contributed by atoms with E-state index in [2.05, 4.69) is 52.1 Å². The molecule has 1 aromatic heterocycles. The number of carbonyl (C=O) groups excluding carboxylic acids is 1. The number of nitrogens with one attached hydrogen (secondary N) is 2. The summed E-state index contributed by atoms with van der Waals surface area (Å²) in [5, 5.41) is 12.0. The number of benzene rings is 3. The van der Waals surface area contributed by atoms with Crippen molar-refractivity contribution in [3.05, 3.63) is 101 Å². The number of amides is 1. The molecule has 1 amide bonds. The summed E-state index contributed by atoms with van der Waals surface area (Å²) in [7, 11) is 0. The van der Waals surface area contributed by atoms with Gasteiger partial charge in [0, 0.05) is 5.69 Å². The molecule has 0 aliphatic carbocycles. The fraction of sp³-hybridized carbons (Fsp3) is 0.222. The Hall–Kier alpha value is -3.78. The molecule has 2 N–H and O–H groups in total. The van der Waals surface area contributed by atoms with E-state index in [-0.39, 0.29) is 18.6 Å². The van der Waals surface area contributed by atoms with Crippen LogP contribution in [0, 0.1) is 20.8 Å². The predicted octanol–water partition coefficient (Wildman–Crippen LogP) is 5.18. The Morgan fingerprint density at radius 3 is 2.51 bits per heavy atom. The van der Waals surface area contributed by atoms with E-state index >= 15 is 0 Å². The Kier molecular flexibility index (Phi) is 6.46. The van der Waals surface area contributed by atoms with E-state index in [1.165, 1.54) is 11.8 Å². The third-order valence-corrected chi connectivity index (χ3v) is 7.18. The summed E-state index contributed by atoms with van der Waals surface area (Å²) >= 11 is 1.40. The second-order valence-electron chi connectivity index (χ2n) is 8.70. The molecule has 1 aliphatic heterocycles. The average Bonchev–Trinajstić information content (AvgIpc) is 3.27. The SMILES string of the molecule is Cc1ccc([C@@H]2Nn3c(COc4ccccc4)nnc3S[C@@H]2C(=O)Nc2cc(C)ccc2C)cc1. The Balaban J connectivity index is 1.43. The van der Waals surface area contributed by atoms with Gasteiger partial charge in [-0.3, -0.25) is 4.79 Å². The van der Waals surface area contributed by atoms with Gasteiger partial charge >= 0.3 is 0 Å². The molecule has 0 spiro atoms. The number of thioether (sulfide) groups is 1. The van der Waals surface area contributed by atoms with Crippen molar-refractivity contribution in [3.8, 4) is 5.75 Å². The fourth-order valence-electron chi connectivity index (χ4n) is 3.96. The Labute approximate surface area is 208 Å². The monoisotopic (exact) mass is 485 g/mol. The number of hydrogen-bond donors (Lipinski definition) is 2. The van der Waals surface area contributed by atoms with Gasteiger partial charge in [-0.1, -0.05) is 71.9 Å². The molecule has 35 heavy (non-hydrogen) atoms. The normalized spacial score (nSPS) is 16.8. The topological polar surface area (TPSA) is 81.1 Å². The molecule has 5 rings (SSSR count). The summed E-state index contributed by atoms with van der Waals surface area (Å²) in [4.78, 5) is 13.6. The second kappa shape index (κ2) is 9.84. The van der Waals surface area contributed by atoms with Crippen molar-refractivity contribution in [2.45, 2.75) is 43.8 Å². The number of nitrogens with zero attached hydrogens (tertiary/aromatic N) is 3. The third-order valence-electron chi connectivity index (χ3n) is 5.96. The number of hydrogen-bond acceptors (Lipinski definition) is 6. The van der Waals surface area contributed by atoms with Gasteiger partial charge < -0.3 is 15.5 Å². The van der Waals surface area contributed by atoms with Crippen molar-refractivity contribution in [2.24, 2.45) is 0 Å². The van der Waals surface area contributed by atoms with Crippen LogP contribution in [0.5, 0.6) is 5.75 Å². The molecular weight excluding hydrogens is 458 g/mol. The first-order valence-corrected chi connectivity index (χ1v) is 12.4. The minimum absolute atomic E-state index is 0.0851. The summed E-state index contributed by atoms with van der Waals surface area (Å²) in [5.41, 5.74) is 8.60. The molecule has 4 aromatic rings. The number of aromatic nitrogens is 3. The van der Waals surface area contributed by atoms with Crippen molar-refractivity contribution in [2.75, 3.05) is 10.7 Å². The first-order chi connectivity index (χ1) is 17.0. The van der Waals surface area contributed by atoms with Gasteiger partial charge in [-0.25, -0.2) is 4.68 Å². The quantitative estimate of drug-likeness (QED) is 0.392. The standard InChI is InChI=1S/C27H27N5O2S/c1-17-10-13-20(14-11-17)24-25(26(33)28-22-15-18(2)9-12-19(22)3)35-27-30-29-23(32(27)31-24)16-34-21-7-5-4-6-8-21/h4-15,24-25,31H,16H2,1-3H3,(H,28,33)/t24-,25-/m0/s1. The van der Waals surface area contributed by atoms with Gasteiger partial charge in [0.05, 0.1) is 6.04 Å². The highest BCUT2D eigenvalue weighted by Crippen LogP contribution is 2.38. The Morgan fingerprint density at radius 2 is 1.74 bits per heavy atom. The molecule has 2 heterocycles. The first-order valence-electron chi connectivity index (χ1n) is 11.5. The van der Waals surface area contributed by atoms with E-state index in [9.17, 15) is 4.79 Å². The Bertz CT molecular complexity index is 1340. The molecule has 3 aromatic carbocycles. The number of ether oxygens (including phenoxy) is 1. The van der Waals surface area contributed by atoms with Crippen LogP contribution >= 0.6 is 11.8 Å². The average molecular weight is 486 g/mol. The lowest BCUT2D eigenvalue weighted by molar-refractivity contribution is -0.116. The lowest BCUT2D eigenvalue weighted by atomic mass is 10.0. The minimum atomic E-state index is -0.447. The van der Waals surface area contributed by atoms with E-state index in [1.54, 1.807) is 0 Å². The minimum Gasteiger partial charge on any atom is -0.486 e. The summed E-state index contributed by atoms with van der Waals surface area (Å²) in [6.07, 6.45) is 0. The van der Waals surface area contributed by atoms with Crippen molar-refractivity contribution in [1.82, 2.24) is 14.9 Å². The van der Waals surface area contributed by atoms with Gasteiger partial charge in [0.25, 0.3) is 0 Å². The highest BCUT2D eigenvalue weighted by atomic mass is 32.2. The number of aryl methyl sites for hydroxylation is 3. The largest absolute Gasteiger partial charge is 0.486 e. The van der Waals surface area contributed by atoms with E-state index in [1.807, 2.05) is 67.1 Å². The molecule has 1 aliphatic rings. The molecule has 2 atom stereocenters. The first kappa shape index (κ1) is 23.0. The summed E-state index contributed by atoms with van der Waals surface area (Å²) in [6.45, 7) is 6.32. The van der Waals surface area contributed by atoms with E-state index < -0.39 is 5.25 Å². The maximum absolute atomic E-state index is 13.6. The van der Waals surface area contributed by atoms with Crippen LogP contribution in [-0.4, -0.2) is 26.0 Å². The number of fused-ring (bicyclic) bond motifs is 1. The predicted molar refractivity (Wildman–Crippen MR) is 138 cm³/mol. The molecule has 0 saturated heterocycles. The highest BCUT2D eigenvalue weighted by molar-refractivity contribution is 8.00. The molecule has 0 unspecified atom stereocenters. The van der Waals surface area contributed by atoms with Crippen molar-refractivity contribution in [1.29, 1.82) is 0 Å². The van der Waals surface area contributed by atoms with Gasteiger partial charge in [-0.05, 0) is 55.7 Å². The number of para-hydroxylation sites is 1. The Morgan fingerprint density at radius 1 is 1.00 bits per heavy atom.